The molecular formula is C14H12ClNO3. The van der Waals surface area contributed by atoms with Gasteiger partial charge in [-0.2, -0.15) is 0 Å². The second kappa shape index (κ2) is 4.90. The van der Waals surface area contributed by atoms with Crippen molar-refractivity contribution in [3.05, 3.63) is 57.0 Å². The summed E-state index contributed by atoms with van der Waals surface area (Å²) in [5, 5.41) is 9.79. The highest BCUT2D eigenvalue weighted by molar-refractivity contribution is 6.30. The van der Waals surface area contributed by atoms with E-state index < -0.39 is 11.5 Å². The van der Waals surface area contributed by atoms with Crippen LogP contribution in [0.5, 0.6) is 0 Å². The smallest absolute Gasteiger partial charge is 0.341 e. The molecule has 5 heteroatoms. The van der Waals surface area contributed by atoms with Crippen molar-refractivity contribution < 1.29 is 9.90 Å². The molecule has 0 amide bonds. The van der Waals surface area contributed by atoms with Gasteiger partial charge in [0.15, 0.2) is 0 Å². The van der Waals surface area contributed by atoms with Crippen molar-refractivity contribution in [2.75, 3.05) is 0 Å². The van der Waals surface area contributed by atoms with Crippen molar-refractivity contribution in [1.82, 2.24) is 4.57 Å². The van der Waals surface area contributed by atoms with Crippen molar-refractivity contribution in [3.63, 3.8) is 0 Å². The van der Waals surface area contributed by atoms with Gasteiger partial charge in [0.05, 0.1) is 0 Å². The predicted octanol–water partition coefficient (Wildman–Crippen LogP) is 2.71. The minimum absolute atomic E-state index is 0.226. The maximum absolute atomic E-state index is 12.0. The van der Waals surface area contributed by atoms with Crippen LogP contribution in [0.3, 0.4) is 0 Å². The van der Waals surface area contributed by atoms with Gasteiger partial charge in [0.25, 0.3) is 5.56 Å². The van der Waals surface area contributed by atoms with E-state index in [0.717, 1.165) is 0 Å². The van der Waals surface area contributed by atoms with Crippen molar-refractivity contribution >= 4 is 17.6 Å². The number of hydrogen-bond donors (Lipinski definition) is 1. The topological polar surface area (TPSA) is 59.3 Å². The van der Waals surface area contributed by atoms with E-state index in [4.69, 9.17) is 11.6 Å². The highest BCUT2D eigenvalue weighted by Gasteiger charge is 2.18. The molecule has 1 aromatic carbocycles. The molecule has 0 aliphatic rings. The maximum Gasteiger partial charge on any atom is 0.341 e. The zero-order valence-corrected chi connectivity index (χ0v) is 11.2. The third-order valence-electron chi connectivity index (χ3n) is 3.04. The number of pyridine rings is 1. The Morgan fingerprint density at radius 2 is 1.84 bits per heavy atom. The molecule has 4 nitrogen and oxygen atoms in total. The highest BCUT2D eigenvalue weighted by Crippen LogP contribution is 2.24. The standard InChI is InChI=1S/C14H12ClNO3/c1-8-7-11(9-3-5-10(15)6-4-9)12(14(18)19)13(17)16(8)2/h3-7H,1-2H3,(H,18,19). The van der Waals surface area contributed by atoms with E-state index in [1.807, 2.05) is 0 Å². The number of carboxylic acids is 1. The molecule has 0 fully saturated rings. The monoisotopic (exact) mass is 277 g/mol. The molecule has 0 atom stereocenters. The molecule has 0 saturated heterocycles. The quantitative estimate of drug-likeness (QED) is 0.918. The van der Waals surface area contributed by atoms with Gasteiger partial charge in [-0.3, -0.25) is 4.79 Å². The van der Waals surface area contributed by atoms with Gasteiger partial charge in [-0.15, -0.1) is 0 Å². The molecule has 2 aromatic rings. The number of carbonyl (C=O) groups is 1. The number of aryl methyl sites for hydroxylation is 1. The van der Waals surface area contributed by atoms with Crippen molar-refractivity contribution in [2.24, 2.45) is 7.05 Å². The summed E-state index contributed by atoms with van der Waals surface area (Å²) in [6.45, 7) is 1.76. The zero-order valence-electron chi connectivity index (χ0n) is 10.5. The molecule has 0 saturated carbocycles. The number of aromatic nitrogens is 1. The van der Waals surface area contributed by atoms with Crippen LogP contribution in [0.25, 0.3) is 11.1 Å². The van der Waals surface area contributed by atoms with Crippen LogP contribution in [0.1, 0.15) is 16.1 Å². The van der Waals surface area contributed by atoms with Gasteiger partial charge in [0.2, 0.25) is 0 Å². The fraction of sp³-hybridized carbons (Fsp3) is 0.143. The first-order valence-corrected chi connectivity index (χ1v) is 5.99. The fourth-order valence-corrected chi connectivity index (χ4v) is 2.01. The van der Waals surface area contributed by atoms with Crippen LogP contribution in [-0.4, -0.2) is 15.6 Å². The molecule has 2 rings (SSSR count). The highest BCUT2D eigenvalue weighted by atomic mass is 35.5. The summed E-state index contributed by atoms with van der Waals surface area (Å²) in [4.78, 5) is 23.4. The first-order valence-electron chi connectivity index (χ1n) is 5.61. The molecule has 98 valence electrons. The van der Waals surface area contributed by atoms with Gasteiger partial charge < -0.3 is 9.67 Å². The molecule has 0 aliphatic carbocycles. The summed E-state index contributed by atoms with van der Waals surface area (Å²) in [6, 6.07) is 8.41. The Hall–Kier alpha value is -2.07. The minimum atomic E-state index is -1.23. The van der Waals surface area contributed by atoms with Crippen LogP contribution in [-0.2, 0) is 7.05 Å². The number of halogens is 1. The van der Waals surface area contributed by atoms with Crippen LogP contribution < -0.4 is 5.56 Å². The van der Waals surface area contributed by atoms with E-state index in [1.54, 1.807) is 44.3 Å². The van der Waals surface area contributed by atoms with Gasteiger partial charge in [-0.1, -0.05) is 23.7 Å². The fourth-order valence-electron chi connectivity index (χ4n) is 1.88. The molecule has 0 unspecified atom stereocenters. The van der Waals surface area contributed by atoms with Crippen LogP contribution >= 0.6 is 11.6 Å². The summed E-state index contributed by atoms with van der Waals surface area (Å²) < 4.78 is 1.32. The third-order valence-corrected chi connectivity index (χ3v) is 3.29. The average Bonchev–Trinajstić information content (AvgIpc) is 2.36. The lowest BCUT2D eigenvalue weighted by atomic mass is 10.0. The molecule has 19 heavy (non-hydrogen) atoms. The Labute approximate surface area is 114 Å². The lowest BCUT2D eigenvalue weighted by molar-refractivity contribution is 0.0695. The number of hydrogen-bond acceptors (Lipinski definition) is 2. The van der Waals surface area contributed by atoms with Crippen LogP contribution in [0.4, 0.5) is 0 Å². The Balaban J connectivity index is 2.79. The molecular weight excluding hydrogens is 266 g/mol. The second-order valence-corrected chi connectivity index (χ2v) is 4.69. The number of rotatable bonds is 2. The molecule has 0 radical (unpaired) electrons. The normalized spacial score (nSPS) is 10.5. The van der Waals surface area contributed by atoms with E-state index >= 15 is 0 Å². The zero-order chi connectivity index (χ0) is 14.2. The summed E-state index contributed by atoms with van der Waals surface area (Å²) in [6.07, 6.45) is 0. The first-order chi connectivity index (χ1) is 8.91. The lowest BCUT2D eigenvalue weighted by Gasteiger charge is -2.11. The van der Waals surface area contributed by atoms with E-state index in [2.05, 4.69) is 0 Å². The maximum atomic E-state index is 12.0. The second-order valence-electron chi connectivity index (χ2n) is 4.25. The van der Waals surface area contributed by atoms with Crippen LogP contribution in [0.2, 0.25) is 5.02 Å². The lowest BCUT2D eigenvalue weighted by Crippen LogP contribution is -2.26. The Morgan fingerprint density at radius 3 is 2.37 bits per heavy atom. The van der Waals surface area contributed by atoms with Gasteiger partial charge in [-0.25, -0.2) is 4.79 Å². The number of benzene rings is 1. The first kappa shape index (κ1) is 13.4. The summed E-state index contributed by atoms with van der Waals surface area (Å²) in [7, 11) is 1.55. The Bertz CT molecular complexity index is 702. The minimum Gasteiger partial charge on any atom is -0.477 e. The van der Waals surface area contributed by atoms with Crippen molar-refractivity contribution in [3.8, 4) is 11.1 Å². The summed E-state index contributed by atoms with van der Waals surface area (Å²) in [5.41, 5.74) is 1.01. The molecule has 1 aromatic heterocycles. The van der Waals surface area contributed by atoms with Gasteiger partial charge >= 0.3 is 5.97 Å². The molecule has 1 heterocycles. The third kappa shape index (κ3) is 2.39. The van der Waals surface area contributed by atoms with E-state index in [-0.39, 0.29) is 5.56 Å². The van der Waals surface area contributed by atoms with Crippen LogP contribution in [0, 0.1) is 6.92 Å². The van der Waals surface area contributed by atoms with E-state index in [1.165, 1.54) is 4.57 Å². The SMILES string of the molecule is Cc1cc(-c2ccc(Cl)cc2)c(C(=O)O)c(=O)n1C. The number of aromatic carboxylic acids is 1. The molecule has 0 aliphatic heterocycles. The Kier molecular flexibility index (Phi) is 3.44. The van der Waals surface area contributed by atoms with Crippen molar-refractivity contribution in [2.45, 2.75) is 6.92 Å². The summed E-state index contributed by atoms with van der Waals surface area (Å²) in [5.74, 6) is -1.23. The van der Waals surface area contributed by atoms with Crippen LogP contribution in [0.15, 0.2) is 35.1 Å². The van der Waals surface area contributed by atoms with Gasteiger partial charge in [0.1, 0.15) is 5.56 Å². The molecule has 0 bridgehead atoms. The van der Waals surface area contributed by atoms with Crippen molar-refractivity contribution in [1.29, 1.82) is 0 Å². The molecule has 1 N–H and O–H groups in total. The summed E-state index contributed by atoms with van der Waals surface area (Å²) >= 11 is 5.81. The number of nitrogens with zero attached hydrogens (tertiary/aromatic N) is 1. The largest absolute Gasteiger partial charge is 0.477 e. The molecule has 0 spiro atoms. The average molecular weight is 278 g/mol. The van der Waals surface area contributed by atoms with E-state index in [0.29, 0.717) is 21.8 Å². The predicted molar refractivity (Wildman–Crippen MR) is 73.8 cm³/mol. The van der Waals surface area contributed by atoms with Gasteiger partial charge in [-0.05, 0) is 30.7 Å². The van der Waals surface area contributed by atoms with Gasteiger partial charge in [0, 0.05) is 23.3 Å². The van der Waals surface area contributed by atoms with E-state index in [9.17, 15) is 14.7 Å². The Morgan fingerprint density at radius 1 is 1.26 bits per heavy atom. The number of carboxylic acid groups (broad SMARTS) is 1.